The van der Waals surface area contributed by atoms with E-state index in [9.17, 15) is 30.8 Å². The fourth-order valence-corrected chi connectivity index (χ4v) is 2.74. The summed E-state index contributed by atoms with van der Waals surface area (Å²) in [6.45, 7) is -0.193. The second kappa shape index (κ2) is 8.46. The first-order valence-electron chi connectivity index (χ1n) is 7.91. The highest BCUT2D eigenvalue weighted by Crippen LogP contribution is 2.28. The van der Waals surface area contributed by atoms with E-state index in [2.05, 4.69) is 14.8 Å². The van der Waals surface area contributed by atoms with Crippen molar-refractivity contribution in [3.8, 4) is 5.75 Å². The van der Waals surface area contributed by atoms with Gasteiger partial charge in [0.2, 0.25) is 10.0 Å². The third-order valence-corrected chi connectivity index (χ3v) is 4.69. The quantitative estimate of drug-likeness (QED) is 0.668. The molecule has 0 aromatic heterocycles. The van der Waals surface area contributed by atoms with Crippen molar-refractivity contribution < 1.29 is 35.5 Å². The minimum atomic E-state index is -4.58. The number of anilines is 2. The first kappa shape index (κ1) is 21.5. The summed E-state index contributed by atoms with van der Waals surface area (Å²) in [6.07, 6.45) is -4.58. The van der Waals surface area contributed by atoms with Crippen LogP contribution in [0.1, 0.15) is 17.3 Å². The third kappa shape index (κ3) is 6.12. The highest BCUT2D eigenvalue weighted by molar-refractivity contribution is 7.92. The number of hydrogen-bond donors (Lipinski definition) is 2. The van der Waals surface area contributed by atoms with E-state index in [1.807, 2.05) is 0 Å². The summed E-state index contributed by atoms with van der Waals surface area (Å²) in [6, 6.07) is 8.20. The van der Waals surface area contributed by atoms with Crippen LogP contribution in [0.4, 0.5) is 28.9 Å². The number of ether oxygens (including phenoxy) is 1. The molecule has 0 atom stereocenters. The number of carbonyl (C=O) groups excluding carboxylic acids is 1. The molecule has 0 bridgehead atoms. The Morgan fingerprint density at radius 2 is 1.79 bits per heavy atom. The maximum absolute atomic E-state index is 13.6. The Labute approximate surface area is 158 Å². The number of benzene rings is 2. The van der Waals surface area contributed by atoms with Crippen LogP contribution in [0.3, 0.4) is 0 Å². The van der Waals surface area contributed by atoms with Crippen molar-refractivity contribution in [1.29, 1.82) is 0 Å². The largest absolute Gasteiger partial charge is 0.482 e. The minimum Gasteiger partial charge on any atom is -0.482 e. The van der Waals surface area contributed by atoms with Gasteiger partial charge in [0.25, 0.3) is 5.91 Å². The SMILES string of the molecule is CCS(=O)(=O)Nc1ccc(F)cc1C(=O)Nc1ccccc1OCC(F)(F)F. The first-order valence-corrected chi connectivity index (χ1v) is 9.56. The van der Waals surface area contributed by atoms with E-state index in [0.29, 0.717) is 0 Å². The van der Waals surface area contributed by atoms with E-state index in [-0.39, 0.29) is 28.4 Å². The molecule has 0 saturated carbocycles. The fourth-order valence-electron chi connectivity index (χ4n) is 2.08. The number of carbonyl (C=O) groups is 1. The standard InChI is InChI=1S/C17H16F4N2O4S/c1-2-28(25,26)23-13-8-7-11(18)9-12(13)16(24)22-14-5-3-4-6-15(14)27-10-17(19,20)21/h3-9,23H,2,10H2,1H3,(H,22,24). The Morgan fingerprint density at radius 3 is 2.43 bits per heavy atom. The molecular formula is C17H16F4N2O4S. The Hall–Kier alpha value is -2.82. The maximum Gasteiger partial charge on any atom is 0.422 e. The van der Waals surface area contributed by atoms with Crippen LogP contribution in [0.2, 0.25) is 0 Å². The van der Waals surface area contributed by atoms with Crippen molar-refractivity contribution in [2.24, 2.45) is 0 Å². The average Bonchev–Trinajstić information content (AvgIpc) is 2.61. The molecule has 152 valence electrons. The van der Waals surface area contributed by atoms with Crippen molar-refractivity contribution in [1.82, 2.24) is 0 Å². The molecule has 2 aromatic carbocycles. The van der Waals surface area contributed by atoms with Gasteiger partial charge in [0.1, 0.15) is 11.6 Å². The Morgan fingerprint density at radius 1 is 1.11 bits per heavy atom. The van der Waals surface area contributed by atoms with E-state index in [0.717, 1.165) is 18.2 Å². The molecule has 0 heterocycles. The number of halogens is 4. The molecule has 2 N–H and O–H groups in total. The predicted octanol–water partition coefficient (Wildman–Crippen LogP) is 3.78. The molecule has 2 rings (SSSR count). The lowest BCUT2D eigenvalue weighted by Crippen LogP contribution is -2.21. The molecule has 0 unspecified atom stereocenters. The lowest BCUT2D eigenvalue weighted by Gasteiger charge is -2.15. The first-order chi connectivity index (χ1) is 13.0. The second-order valence-corrected chi connectivity index (χ2v) is 7.56. The van der Waals surface area contributed by atoms with Crippen molar-refractivity contribution in [2.75, 3.05) is 22.4 Å². The van der Waals surface area contributed by atoms with E-state index < -0.39 is 34.5 Å². The van der Waals surface area contributed by atoms with Crippen LogP contribution in [0, 0.1) is 5.82 Å². The zero-order chi connectivity index (χ0) is 20.9. The van der Waals surface area contributed by atoms with Crippen LogP contribution in [-0.2, 0) is 10.0 Å². The molecule has 0 aliphatic rings. The summed E-state index contributed by atoms with van der Waals surface area (Å²) < 4.78 is 81.0. The van der Waals surface area contributed by atoms with E-state index in [1.54, 1.807) is 0 Å². The molecule has 0 aliphatic carbocycles. The molecule has 0 saturated heterocycles. The average molecular weight is 420 g/mol. The van der Waals surface area contributed by atoms with Crippen molar-refractivity contribution >= 4 is 27.3 Å². The van der Waals surface area contributed by atoms with Gasteiger partial charge in [0, 0.05) is 0 Å². The monoisotopic (exact) mass is 420 g/mol. The molecule has 2 aromatic rings. The fraction of sp³-hybridized carbons (Fsp3) is 0.235. The van der Waals surface area contributed by atoms with Gasteiger partial charge in [0.15, 0.2) is 6.61 Å². The van der Waals surface area contributed by atoms with Crippen LogP contribution in [0.15, 0.2) is 42.5 Å². The van der Waals surface area contributed by atoms with Gasteiger partial charge in [-0.15, -0.1) is 0 Å². The Kier molecular flexibility index (Phi) is 6.49. The Bertz CT molecular complexity index is 962. The molecule has 0 spiro atoms. The highest BCUT2D eigenvalue weighted by atomic mass is 32.2. The molecule has 0 fully saturated rings. The lowest BCUT2D eigenvalue weighted by molar-refractivity contribution is -0.153. The summed E-state index contributed by atoms with van der Waals surface area (Å²) in [5, 5.41) is 2.30. The van der Waals surface area contributed by atoms with Gasteiger partial charge >= 0.3 is 6.18 Å². The topological polar surface area (TPSA) is 84.5 Å². The van der Waals surface area contributed by atoms with E-state index in [1.165, 1.54) is 31.2 Å². The van der Waals surface area contributed by atoms with Gasteiger partial charge < -0.3 is 10.1 Å². The van der Waals surface area contributed by atoms with Crippen LogP contribution in [0.5, 0.6) is 5.75 Å². The molecule has 0 radical (unpaired) electrons. The summed E-state index contributed by atoms with van der Waals surface area (Å²) in [5.74, 6) is -2.26. The second-order valence-electron chi connectivity index (χ2n) is 5.55. The summed E-state index contributed by atoms with van der Waals surface area (Å²) in [5.41, 5.74) is -0.609. The van der Waals surface area contributed by atoms with Crippen LogP contribution in [0.25, 0.3) is 0 Å². The maximum atomic E-state index is 13.6. The van der Waals surface area contributed by atoms with Crippen LogP contribution >= 0.6 is 0 Å². The van der Waals surface area contributed by atoms with Gasteiger partial charge in [-0.3, -0.25) is 9.52 Å². The molecule has 11 heteroatoms. The molecule has 0 aliphatic heterocycles. The predicted molar refractivity (Wildman–Crippen MR) is 95.4 cm³/mol. The number of rotatable bonds is 7. The van der Waals surface area contributed by atoms with Crippen molar-refractivity contribution in [3.05, 3.63) is 53.8 Å². The summed E-state index contributed by atoms with van der Waals surface area (Å²) in [7, 11) is -3.75. The number of para-hydroxylation sites is 2. The van der Waals surface area contributed by atoms with Gasteiger partial charge in [-0.05, 0) is 37.3 Å². The Balaban J connectivity index is 2.30. The molecule has 28 heavy (non-hydrogen) atoms. The smallest absolute Gasteiger partial charge is 0.422 e. The number of nitrogens with one attached hydrogen (secondary N) is 2. The normalized spacial score (nSPS) is 11.8. The minimum absolute atomic E-state index is 0.0923. The number of sulfonamides is 1. The van der Waals surface area contributed by atoms with Crippen LogP contribution < -0.4 is 14.8 Å². The number of hydrogen-bond acceptors (Lipinski definition) is 4. The van der Waals surface area contributed by atoms with Crippen molar-refractivity contribution in [3.63, 3.8) is 0 Å². The van der Waals surface area contributed by atoms with Gasteiger partial charge in [-0.1, -0.05) is 12.1 Å². The molecule has 1 amide bonds. The highest BCUT2D eigenvalue weighted by Gasteiger charge is 2.29. The van der Waals surface area contributed by atoms with E-state index >= 15 is 0 Å². The van der Waals surface area contributed by atoms with Gasteiger partial charge in [0.05, 0.1) is 22.7 Å². The van der Waals surface area contributed by atoms with Crippen molar-refractivity contribution in [2.45, 2.75) is 13.1 Å². The zero-order valence-electron chi connectivity index (χ0n) is 14.5. The molecular weight excluding hydrogens is 404 g/mol. The lowest BCUT2D eigenvalue weighted by atomic mass is 10.1. The third-order valence-electron chi connectivity index (χ3n) is 3.40. The number of alkyl halides is 3. The summed E-state index contributed by atoms with van der Waals surface area (Å²) >= 11 is 0. The molecule has 6 nitrogen and oxygen atoms in total. The number of amides is 1. The van der Waals surface area contributed by atoms with E-state index in [4.69, 9.17) is 0 Å². The van der Waals surface area contributed by atoms with Gasteiger partial charge in [-0.2, -0.15) is 13.2 Å². The zero-order valence-corrected chi connectivity index (χ0v) is 15.3. The van der Waals surface area contributed by atoms with Gasteiger partial charge in [-0.25, -0.2) is 12.8 Å². The van der Waals surface area contributed by atoms with Crippen LogP contribution in [-0.4, -0.2) is 32.9 Å². The summed E-state index contributed by atoms with van der Waals surface area (Å²) in [4.78, 5) is 12.5.